The van der Waals surface area contributed by atoms with Crippen LogP contribution in [-0.2, 0) is 4.79 Å². The second-order valence-electron chi connectivity index (χ2n) is 6.28. The Labute approximate surface area is 111 Å². The van der Waals surface area contributed by atoms with Crippen molar-refractivity contribution in [2.45, 2.75) is 64.8 Å². The molecule has 0 aromatic rings. The van der Waals surface area contributed by atoms with Crippen LogP contribution in [0.1, 0.15) is 59.3 Å². The van der Waals surface area contributed by atoms with E-state index >= 15 is 0 Å². The molecule has 1 aliphatic carbocycles. The summed E-state index contributed by atoms with van der Waals surface area (Å²) in [6.45, 7) is 7.27. The molecule has 3 N–H and O–H groups in total. The van der Waals surface area contributed by atoms with Crippen LogP contribution in [0.3, 0.4) is 0 Å². The summed E-state index contributed by atoms with van der Waals surface area (Å²) in [5, 5.41) is 2.99. The Morgan fingerprint density at radius 1 is 1.24 bits per heavy atom. The van der Waals surface area contributed by atoms with Crippen LogP contribution in [0.4, 0.5) is 0 Å². The zero-order valence-corrected chi connectivity index (χ0v) is 12.2. The van der Waals surface area contributed by atoms with Crippen molar-refractivity contribution in [3.8, 4) is 0 Å². The van der Waals surface area contributed by atoms with Gasteiger partial charge in [-0.2, -0.15) is 0 Å². The van der Waals surface area contributed by atoms with Gasteiger partial charge in [-0.3, -0.25) is 4.79 Å². The summed E-state index contributed by atoms with van der Waals surface area (Å²) in [5.74, 6) is 0.0523. The highest BCUT2D eigenvalue weighted by atomic mass is 35.5. The highest BCUT2D eigenvalue weighted by Crippen LogP contribution is 2.26. The first-order valence-corrected chi connectivity index (χ1v) is 6.41. The van der Waals surface area contributed by atoms with Crippen LogP contribution in [-0.4, -0.2) is 18.0 Å². The van der Waals surface area contributed by atoms with Gasteiger partial charge in [0, 0.05) is 6.54 Å². The van der Waals surface area contributed by atoms with Crippen molar-refractivity contribution in [2.75, 3.05) is 6.54 Å². The Morgan fingerprint density at radius 2 is 1.76 bits per heavy atom. The van der Waals surface area contributed by atoms with E-state index in [1.165, 1.54) is 6.42 Å². The Bertz CT molecular complexity index is 242. The molecule has 1 fully saturated rings. The lowest BCUT2D eigenvalue weighted by molar-refractivity contribution is -0.127. The molecule has 0 aromatic heterocycles. The summed E-state index contributed by atoms with van der Waals surface area (Å²) in [5.41, 5.74) is 5.82. The monoisotopic (exact) mass is 262 g/mol. The number of halogens is 1. The van der Waals surface area contributed by atoms with E-state index in [1.54, 1.807) is 0 Å². The summed E-state index contributed by atoms with van der Waals surface area (Å²) in [7, 11) is 0. The molecule has 1 rings (SSSR count). The first-order chi connectivity index (χ1) is 7.33. The van der Waals surface area contributed by atoms with Crippen molar-refractivity contribution >= 4 is 18.3 Å². The molecule has 3 nitrogen and oxygen atoms in total. The largest absolute Gasteiger partial charge is 0.354 e. The highest BCUT2D eigenvalue weighted by Gasteiger charge is 2.34. The number of hydrogen-bond acceptors (Lipinski definition) is 2. The number of amides is 1. The van der Waals surface area contributed by atoms with Crippen LogP contribution in [0.2, 0.25) is 0 Å². The molecule has 0 aliphatic heterocycles. The Morgan fingerprint density at radius 3 is 2.24 bits per heavy atom. The number of carbonyl (C=O) groups is 1. The van der Waals surface area contributed by atoms with E-state index in [1.807, 2.05) is 0 Å². The second kappa shape index (κ2) is 6.60. The van der Waals surface area contributed by atoms with Gasteiger partial charge in [0.15, 0.2) is 0 Å². The third kappa shape index (κ3) is 5.73. The molecule has 17 heavy (non-hydrogen) atoms. The minimum atomic E-state index is -0.587. The Balaban J connectivity index is 0.00000256. The molecule has 1 saturated carbocycles. The third-order valence-corrected chi connectivity index (χ3v) is 3.36. The molecular formula is C13H27ClN2O. The van der Waals surface area contributed by atoms with E-state index < -0.39 is 5.54 Å². The molecule has 0 unspecified atom stereocenters. The van der Waals surface area contributed by atoms with Crippen LogP contribution in [0.5, 0.6) is 0 Å². The van der Waals surface area contributed by atoms with Crippen LogP contribution in [0, 0.1) is 5.41 Å². The fourth-order valence-electron chi connectivity index (χ4n) is 2.14. The maximum Gasteiger partial charge on any atom is 0.240 e. The fourth-order valence-corrected chi connectivity index (χ4v) is 2.14. The molecule has 0 spiro atoms. The van der Waals surface area contributed by atoms with E-state index in [9.17, 15) is 4.79 Å². The van der Waals surface area contributed by atoms with E-state index in [-0.39, 0.29) is 23.7 Å². The second-order valence-corrected chi connectivity index (χ2v) is 6.28. The van der Waals surface area contributed by atoms with E-state index in [4.69, 9.17) is 5.73 Å². The van der Waals surface area contributed by atoms with Gasteiger partial charge in [-0.25, -0.2) is 0 Å². The van der Waals surface area contributed by atoms with Crippen molar-refractivity contribution < 1.29 is 4.79 Å². The zero-order valence-electron chi connectivity index (χ0n) is 11.3. The van der Waals surface area contributed by atoms with Crippen molar-refractivity contribution in [1.82, 2.24) is 5.32 Å². The third-order valence-electron chi connectivity index (χ3n) is 3.36. The SMILES string of the molecule is CC(C)(C)CCNC(=O)C1(N)CCCCC1.Cl. The van der Waals surface area contributed by atoms with Crippen molar-refractivity contribution in [3.63, 3.8) is 0 Å². The standard InChI is InChI=1S/C13H26N2O.ClH/c1-12(2,3)9-10-15-11(16)13(14)7-5-4-6-8-13;/h4-10,14H2,1-3H3,(H,15,16);1H. The van der Waals surface area contributed by atoms with Crippen LogP contribution < -0.4 is 11.1 Å². The van der Waals surface area contributed by atoms with Crippen LogP contribution >= 0.6 is 12.4 Å². The van der Waals surface area contributed by atoms with Gasteiger partial charge in [0.05, 0.1) is 5.54 Å². The van der Waals surface area contributed by atoms with Gasteiger partial charge in [-0.05, 0) is 24.7 Å². The smallest absolute Gasteiger partial charge is 0.240 e. The zero-order chi connectivity index (χ0) is 12.2. The molecule has 0 bridgehead atoms. The molecule has 102 valence electrons. The molecule has 0 saturated heterocycles. The number of nitrogens with one attached hydrogen (secondary N) is 1. The predicted molar refractivity (Wildman–Crippen MR) is 74.3 cm³/mol. The highest BCUT2D eigenvalue weighted by molar-refractivity contribution is 5.86. The minimum absolute atomic E-state index is 0. The van der Waals surface area contributed by atoms with Gasteiger partial charge in [0.1, 0.15) is 0 Å². The van der Waals surface area contributed by atoms with Crippen LogP contribution in [0.15, 0.2) is 0 Å². The van der Waals surface area contributed by atoms with E-state index in [0.29, 0.717) is 0 Å². The van der Waals surface area contributed by atoms with Crippen LogP contribution in [0.25, 0.3) is 0 Å². The van der Waals surface area contributed by atoms with Gasteiger partial charge in [-0.15, -0.1) is 12.4 Å². The van der Waals surface area contributed by atoms with E-state index in [2.05, 4.69) is 26.1 Å². The minimum Gasteiger partial charge on any atom is -0.354 e. The fraction of sp³-hybridized carbons (Fsp3) is 0.923. The summed E-state index contributed by atoms with van der Waals surface area (Å²) >= 11 is 0. The molecule has 1 amide bonds. The average molecular weight is 263 g/mol. The number of nitrogens with two attached hydrogens (primary N) is 1. The van der Waals surface area contributed by atoms with Gasteiger partial charge >= 0.3 is 0 Å². The maximum absolute atomic E-state index is 12.0. The first-order valence-electron chi connectivity index (χ1n) is 6.41. The van der Waals surface area contributed by atoms with Gasteiger partial charge < -0.3 is 11.1 Å². The van der Waals surface area contributed by atoms with Gasteiger partial charge in [0.25, 0.3) is 0 Å². The molecule has 0 atom stereocenters. The molecule has 1 aliphatic rings. The first kappa shape index (κ1) is 16.7. The topological polar surface area (TPSA) is 55.1 Å². The van der Waals surface area contributed by atoms with Crippen molar-refractivity contribution in [3.05, 3.63) is 0 Å². The molecule has 0 radical (unpaired) electrons. The predicted octanol–water partition coefficient (Wildman–Crippen LogP) is 2.62. The summed E-state index contributed by atoms with van der Waals surface area (Å²) in [6, 6.07) is 0. The number of hydrogen-bond donors (Lipinski definition) is 2. The summed E-state index contributed by atoms with van der Waals surface area (Å²) in [4.78, 5) is 12.0. The normalized spacial score (nSPS) is 19.3. The Kier molecular flexibility index (Phi) is 6.49. The lowest BCUT2D eigenvalue weighted by Gasteiger charge is -2.32. The number of rotatable bonds is 3. The maximum atomic E-state index is 12.0. The Hall–Kier alpha value is -0.280. The van der Waals surface area contributed by atoms with Crippen molar-refractivity contribution in [2.24, 2.45) is 11.1 Å². The van der Waals surface area contributed by atoms with Gasteiger partial charge in [-0.1, -0.05) is 40.0 Å². The quantitative estimate of drug-likeness (QED) is 0.822. The average Bonchev–Trinajstić information content (AvgIpc) is 2.16. The number of carbonyl (C=O) groups excluding carboxylic acids is 1. The van der Waals surface area contributed by atoms with E-state index in [0.717, 1.165) is 38.6 Å². The molecule has 0 aromatic carbocycles. The summed E-state index contributed by atoms with van der Waals surface area (Å²) in [6.07, 6.45) is 6.07. The van der Waals surface area contributed by atoms with Crippen molar-refractivity contribution in [1.29, 1.82) is 0 Å². The molecule has 0 heterocycles. The lowest BCUT2D eigenvalue weighted by atomic mass is 9.82. The molecular weight excluding hydrogens is 236 g/mol. The van der Waals surface area contributed by atoms with Gasteiger partial charge in [0.2, 0.25) is 5.91 Å². The summed E-state index contributed by atoms with van der Waals surface area (Å²) < 4.78 is 0. The lowest BCUT2D eigenvalue weighted by Crippen LogP contribution is -2.55. The molecule has 4 heteroatoms.